The number of nitrogens with one attached hydrogen (secondary N) is 1. The SMILES string of the molecule is CCOC1(C(NC)C2CCOC2)CCCC(C)C1. The molecular formula is C15H29NO2. The van der Waals surface area contributed by atoms with E-state index in [1.165, 1.54) is 32.1 Å². The molecule has 1 N–H and O–H groups in total. The Bertz CT molecular complexity index is 249. The van der Waals surface area contributed by atoms with Crippen LogP contribution in [0.2, 0.25) is 0 Å². The summed E-state index contributed by atoms with van der Waals surface area (Å²) in [5.41, 5.74) is 0.0412. The number of ether oxygens (including phenoxy) is 2. The Balaban J connectivity index is 2.14. The summed E-state index contributed by atoms with van der Waals surface area (Å²) in [5, 5.41) is 3.55. The highest BCUT2D eigenvalue weighted by Crippen LogP contribution is 2.41. The van der Waals surface area contributed by atoms with Crippen LogP contribution in [-0.4, -0.2) is 38.5 Å². The first-order valence-electron chi connectivity index (χ1n) is 7.61. The molecule has 1 saturated carbocycles. The van der Waals surface area contributed by atoms with Gasteiger partial charge in [-0.05, 0) is 39.2 Å². The van der Waals surface area contributed by atoms with Crippen LogP contribution in [0, 0.1) is 11.8 Å². The van der Waals surface area contributed by atoms with Gasteiger partial charge in [0.2, 0.25) is 0 Å². The summed E-state index contributed by atoms with van der Waals surface area (Å²) in [6.45, 7) is 7.12. The summed E-state index contributed by atoms with van der Waals surface area (Å²) >= 11 is 0. The van der Waals surface area contributed by atoms with Gasteiger partial charge in [-0.3, -0.25) is 0 Å². The van der Waals surface area contributed by atoms with Gasteiger partial charge in [-0.1, -0.05) is 19.8 Å². The van der Waals surface area contributed by atoms with Crippen LogP contribution in [0.25, 0.3) is 0 Å². The third kappa shape index (κ3) is 2.89. The lowest BCUT2D eigenvalue weighted by Gasteiger charge is -2.47. The topological polar surface area (TPSA) is 30.5 Å². The molecule has 0 aromatic carbocycles. The van der Waals surface area contributed by atoms with E-state index >= 15 is 0 Å². The third-order valence-electron chi connectivity index (χ3n) is 4.74. The summed E-state index contributed by atoms with van der Waals surface area (Å²) in [6, 6.07) is 0.447. The second-order valence-electron chi connectivity index (χ2n) is 6.09. The Labute approximate surface area is 112 Å². The predicted octanol–water partition coefficient (Wildman–Crippen LogP) is 2.60. The molecule has 3 heteroatoms. The summed E-state index contributed by atoms with van der Waals surface area (Å²) in [6.07, 6.45) is 6.23. The Hall–Kier alpha value is -0.120. The molecule has 1 heterocycles. The van der Waals surface area contributed by atoms with Gasteiger partial charge in [-0.15, -0.1) is 0 Å². The van der Waals surface area contributed by atoms with E-state index in [4.69, 9.17) is 9.47 Å². The molecular weight excluding hydrogens is 226 g/mol. The van der Waals surface area contributed by atoms with Crippen molar-refractivity contribution in [3.05, 3.63) is 0 Å². The van der Waals surface area contributed by atoms with E-state index in [9.17, 15) is 0 Å². The van der Waals surface area contributed by atoms with Crippen LogP contribution in [0.3, 0.4) is 0 Å². The fraction of sp³-hybridized carbons (Fsp3) is 1.00. The number of likely N-dealkylation sites (N-methyl/N-ethyl adjacent to an activating group) is 1. The minimum Gasteiger partial charge on any atom is -0.381 e. The van der Waals surface area contributed by atoms with Crippen molar-refractivity contribution in [3.8, 4) is 0 Å². The van der Waals surface area contributed by atoms with Crippen molar-refractivity contribution in [2.45, 2.75) is 57.6 Å². The van der Waals surface area contributed by atoms with Gasteiger partial charge in [0.15, 0.2) is 0 Å². The molecule has 0 amide bonds. The molecule has 4 unspecified atom stereocenters. The summed E-state index contributed by atoms with van der Waals surface area (Å²) in [5.74, 6) is 1.40. The van der Waals surface area contributed by atoms with E-state index in [1.807, 2.05) is 0 Å². The number of hydrogen-bond donors (Lipinski definition) is 1. The Morgan fingerprint density at radius 2 is 2.28 bits per heavy atom. The van der Waals surface area contributed by atoms with Crippen molar-refractivity contribution in [1.82, 2.24) is 5.32 Å². The van der Waals surface area contributed by atoms with Crippen molar-refractivity contribution in [3.63, 3.8) is 0 Å². The lowest BCUT2D eigenvalue weighted by Crippen LogP contribution is -2.57. The van der Waals surface area contributed by atoms with Gasteiger partial charge in [0.25, 0.3) is 0 Å². The lowest BCUT2D eigenvalue weighted by atomic mass is 9.71. The molecule has 1 aliphatic heterocycles. The fourth-order valence-corrected chi connectivity index (χ4v) is 4.08. The fourth-order valence-electron chi connectivity index (χ4n) is 4.08. The largest absolute Gasteiger partial charge is 0.381 e. The normalized spacial score (nSPS) is 38.8. The maximum atomic E-state index is 6.29. The molecule has 0 spiro atoms. The van der Waals surface area contributed by atoms with Gasteiger partial charge in [-0.2, -0.15) is 0 Å². The lowest BCUT2D eigenvalue weighted by molar-refractivity contribution is -0.111. The molecule has 4 atom stereocenters. The first-order valence-corrected chi connectivity index (χ1v) is 7.61. The minimum absolute atomic E-state index is 0.0412. The van der Waals surface area contributed by atoms with Crippen molar-refractivity contribution < 1.29 is 9.47 Å². The summed E-state index contributed by atoms with van der Waals surface area (Å²) in [4.78, 5) is 0. The molecule has 1 aliphatic carbocycles. The highest BCUT2D eigenvalue weighted by molar-refractivity contribution is 5.00. The zero-order valence-corrected chi connectivity index (χ0v) is 12.2. The Morgan fingerprint density at radius 3 is 2.83 bits per heavy atom. The maximum absolute atomic E-state index is 6.29. The van der Waals surface area contributed by atoms with Crippen LogP contribution in [0.15, 0.2) is 0 Å². The van der Waals surface area contributed by atoms with Crippen LogP contribution in [0.5, 0.6) is 0 Å². The maximum Gasteiger partial charge on any atom is 0.0840 e. The number of hydrogen-bond acceptors (Lipinski definition) is 3. The van der Waals surface area contributed by atoms with Gasteiger partial charge in [-0.25, -0.2) is 0 Å². The van der Waals surface area contributed by atoms with Gasteiger partial charge >= 0.3 is 0 Å². The van der Waals surface area contributed by atoms with Crippen LogP contribution in [-0.2, 0) is 9.47 Å². The molecule has 1 saturated heterocycles. The molecule has 2 fully saturated rings. The summed E-state index contributed by atoms with van der Waals surface area (Å²) in [7, 11) is 2.09. The third-order valence-corrected chi connectivity index (χ3v) is 4.74. The van der Waals surface area contributed by atoms with E-state index in [0.29, 0.717) is 12.0 Å². The Kier molecular flexibility index (Phi) is 5.05. The average Bonchev–Trinajstić information content (AvgIpc) is 2.84. The molecule has 0 bridgehead atoms. The quantitative estimate of drug-likeness (QED) is 0.819. The zero-order chi connectivity index (χ0) is 13.0. The van der Waals surface area contributed by atoms with E-state index in [2.05, 4.69) is 26.2 Å². The Morgan fingerprint density at radius 1 is 1.44 bits per heavy atom. The van der Waals surface area contributed by atoms with Crippen LogP contribution in [0.4, 0.5) is 0 Å². The molecule has 2 rings (SSSR count). The highest BCUT2D eigenvalue weighted by atomic mass is 16.5. The van der Waals surface area contributed by atoms with Crippen LogP contribution >= 0.6 is 0 Å². The predicted molar refractivity (Wildman–Crippen MR) is 73.8 cm³/mol. The second kappa shape index (κ2) is 6.36. The molecule has 0 aromatic heterocycles. The molecule has 0 radical (unpaired) electrons. The first-order chi connectivity index (χ1) is 8.72. The van der Waals surface area contributed by atoms with Crippen molar-refractivity contribution in [2.24, 2.45) is 11.8 Å². The molecule has 18 heavy (non-hydrogen) atoms. The van der Waals surface area contributed by atoms with Gasteiger partial charge in [0, 0.05) is 25.2 Å². The van der Waals surface area contributed by atoms with Crippen molar-refractivity contribution >= 4 is 0 Å². The van der Waals surface area contributed by atoms with E-state index in [0.717, 1.165) is 25.7 Å². The van der Waals surface area contributed by atoms with Gasteiger partial charge in [0.1, 0.15) is 0 Å². The second-order valence-corrected chi connectivity index (χ2v) is 6.09. The smallest absolute Gasteiger partial charge is 0.0840 e. The number of rotatable bonds is 5. The summed E-state index contributed by atoms with van der Waals surface area (Å²) < 4.78 is 11.9. The first kappa shape index (κ1) is 14.3. The van der Waals surface area contributed by atoms with Crippen molar-refractivity contribution in [2.75, 3.05) is 26.9 Å². The van der Waals surface area contributed by atoms with Gasteiger partial charge in [0.05, 0.1) is 12.2 Å². The van der Waals surface area contributed by atoms with Crippen LogP contribution in [0.1, 0.15) is 46.0 Å². The van der Waals surface area contributed by atoms with Crippen LogP contribution < -0.4 is 5.32 Å². The highest BCUT2D eigenvalue weighted by Gasteiger charge is 2.46. The molecule has 106 valence electrons. The van der Waals surface area contributed by atoms with E-state index in [1.54, 1.807) is 0 Å². The average molecular weight is 255 g/mol. The van der Waals surface area contributed by atoms with E-state index < -0.39 is 0 Å². The monoisotopic (exact) mass is 255 g/mol. The standard InChI is InChI=1S/C15H29NO2/c1-4-18-15(8-5-6-12(2)10-15)14(16-3)13-7-9-17-11-13/h12-14,16H,4-11H2,1-3H3. The molecule has 2 aliphatic rings. The molecule has 0 aromatic rings. The molecule has 3 nitrogen and oxygen atoms in total. The van der Waals surface area contributed by atoms with E-state index in [-0.39, 0.29) is 5.60 Å². The zero-order valence-electron chi connectivity index (χ0n) is 12.2. The minimum atomic E-state index is 0.0412. The van der Waals surface area contributed by atoms with Crippen molar-refractivity contribution in [1.29, 1.82) is 0 Å². The van der Waals surface area contributed by atoms with Gasteiger partial charge < -0.3 is 14.8 Å².